The number of nitrogens with zero attached hydrogens (tertiary/aromatic N) is 1. The van der Waals surface area contributed by atoms with Crippen molar-refractivity contribution >= 4 is 34.6 Å². The van der Waals surface area contributed by atoms with Gasteiger partial charge in [-0.2, -0.15) is 0 Å². The maximum absolute atomic E-state index is 11.2. The number of nitrogens with one attached hydrogen (secondary N) is 2. The van der Waals surface area contributed by atoms with Gasteiger partial charge in [-0.05, 0) is 24.3 Å². The Morgan fingerprint density at radius 1 is 1.13 bits per heavy atom. The van der Waals surface area contributed by atoms with Crippen LogP contribution >= 0.6 is 0 Å². The molecule has 0 unspecified atom stereocenters. The molecule has 2 aromatic carbocycles. The maximum atomic E-state index is 11.2. The van der Waals surface area contributed by atoms with Crippen LogP contribution in [-0.4, -0.2) is 21.9 Å². The van der Waals surface area contributed by atoms with Gasteiger partial charge < -0.3 is 15.7 Å². The number of benzene rings is 2. The molecule has 0 radical (unpaired) electrons. The number of hydrogen-bond donors (Lipinski definition) is 3. The summed E-state index contributed by atoms with van der Waals surface area (Å²) >= 11 is 0. The molecule has 0 bridgehead atoms. The minimum absolute atomic E-state index is 0.0895. The number of aromatic carboxylic acids is 1. The molecule has 0 aliphatic heterocycles. The van der Waals surface area contributed by atoms with E-state index in [-0.39, 0.29) is 22.8 Å². The zero-order chi connectivity index (χ0) is 17.0. The lowest BCUT2D eigenvalue weighted by Gasteiger charge is -2.11. The van der Waals surface area contributed by atoms with Crippen molar-refractivity contribution in [1.82, 2.24) is 0 Å². The van der Waals surface area contributed by atoms with E-state index in [1.807, 2.05) is 0 Å². The van der Waals surface area contributed by atoms with E-state index in [0.717, 1.165) is 12.1 Å². The van der Waals surface area contributed by atoms with Crippen molar-refractivity contribution < 1.29 is 19.6 Å². The number of carbonyl (C=O) groups excluding carboxylic acids is 1. The van der Waals surface area contributed by atoms with Crippen LogP contribution in [0.1, 0.15) is 17.3 Å². The Morgan fingerprint density at radius 3 is 2.43 bits per heavy atom. The van der Waals surface area contributed by atoms with Gasteiger partial charge in [0.25, 0.3) is 5.69 Å². The molecule has 0 aliphatic carbocycles. The molecule has 23 heavy (non-hydrogen) atoms. The highest BCUT2D eigenvalue weighted by Crippen LogP contribution is 2.27. The number of carbonyl (C=O) groups is 2. The average molecular weight is 315 g/mol. The van der Waals surface area contributed by atoms with Gasteiger partial charge in [-0.15, -0.1) is 0 Å². The summed E-state index contributed by atoms with van der Waals surface area (Å²) < 4.78 is 0. The largest absolute Gasteiger partial charge is 0.478 e. The minimum atomic E-state index is -1.21. The molecule has 0 heterocycles. The lowest BCUT2D eigenvalue weighted by molar-refractivity contribution is -0.384. The number of amides is 1. The summed E-state index contributed by atoms with van der Waals surface area (Å²) in [6.45, 7) is 1.36. The van der Waals surface area contributed by atoms with E-state index < -0.39 is 10.9 Å². The molecule has 0 fully saturated rings. The number of nitro groups is 1. The molecule has 0 aliphatic rings. The average Bonchev–Trinajstić information content (AvgIpc) is 2.46. The van der Waals surface area contributed by atoms with Gasteiger partial charge in [-0.3, -0.25) is 14.9 Å². The molecular formula is C15H13N3O5. The molecule has 118 valence electrons. The smallest absolute Gasteiger partial charge is 0.337 e. The SMILES string of the molecule is CC(=O)Nc1cccc(Nc2cc([N+](=O)[O-])ccc2C(=O)O)c1. The van der Waals surface area contributed by atoms with E-state index in [9.17, 15) is 24.8 Å². The summed E-state index contributed by atoms with van der Waals surface area (Å²) in [5.74, 6) is -1.45. The van der Waals surface area contributed by atoms with E-state index in [0.29, 0.717) is 11.4 Å². The molecule has 0 saturated carbocycles. The number of carboxylic acids is 1. The maximum Gasteiger partial charge on any atom is 0.337 e. The molecule has 0 saturated heterocycles. The molecular weight excluding hydrogens is 302 g/mol. The minimum Gasteiger partial charge on any atom is -0.478 e. The van der Waals surface area contributed by atoms with Crippen molar-refractivity contribution in [2.75, 3.05) is 10.6 Å². The third-order valence-electron chi connectivity index (χ3n) is 2.91. The van der Waals surface area contributed by atoms with Crippen LogP contribution in [0.5, 0.6) is 0 Å². The predicted molar refractivity (Wildman–Crippen MR) is 84.1 cm³/mol. The number of non-ortho nitro benzene ring substituents is 1. The highest BCUT2D eigenvalue weighted by atomic mass is 16.6. The van der Waals surface area contributed by atoms with Crippen molar-refractivity contribution in [2.24, 2.45) is 0 Å². The first-order chi connectivity index (χ1) is 10.9. The van der Waals surface area contributed by atoms with E-state index in [2.05, 4.69) is 10.6 Å². The molecule has 0 aromatic heterocycles. The topological polar surface area (TPSA) is 122 Å². The lowest BCUT2D eigenvalue weighted by Crippen LogP contribution is -2.06. The Balaban J connectivity index is 2.38. The fourth-order valence-electron chi connectivity index (χ4n) is 1.97. The number of carboxylic acid groups (broad SMARTS) is 1. The summed E-state index contributed by atoms with van der Waals surface area (Å²) in [5, 5.41) is 25.4. The van der Waals surface area contributed by atoms with Gasteiger partial charge in [-0.1, -0.05) is 6.07 Å². The van der Waals surface area contributed by atoms with Crippen LogP contribution in [-0.2, 0) is 4.79 Å². The Bertz CT molecular complexity index is 788. The van der Waals surface area contributed by atoms with Crippen LogP contribution in [0.4, 0.5) is 22.7 Å². The molecule has 2 rings (SSSR count). The van der Waals surface area contributed by atoms with E-state index >= 15 is 0 Å². The first-order valence-electron chi connectivity index (χ1n) is 6.53. The quantitative estimate of drug-likeness (QED) is 0.576. The van der Waals surface area contributed by atoms with Gasteiger partial charge >= 0.3 is 5.97 Å². The summed E-state index contributed by atoms with van der Waals surface area (Å²) in [5.41, 5.74) is 0.770. The second-order valence-electron chi connectivity index (χ2n) is 4.68. The van der Waals surface area contributed by atoms with Crippen LogP contribution in [0.15, 0.2) is 42.5 Å². The van der Waals surface area contributed by atoms with Crippen molar-refractivity contribution in [3.05, 3.63) is 58.1 Å². The number of anilines is 3. The summed E-state index contributed by atoms with van der Waals surface area (Å²) in [4.78, 5) is 32.5. The molecule has 1 amide bonds. The number of hydrogen-bond acceptors (Lipinski definition) is 5. The summed E-state index contributed by atoms with van der Waals surface area (Å²) in [7, 11) is 0. The molecule has 3 N–H and O–H groups in total. The zero-order valence-electron chi connectivity index (χ0n) is 12.1. The second-order valence-corrected chi connectivity index (χ2v) is 4.68. The highest BCUT2D eigenvalue weighted by Gasteiger charge is 2.15. The van der Waals surface area contributed by atoms with E-state index in [4.69, 9.17) is 0 Å². The lowest BCUT2D eigenvalue weighted by atomic mass is 10.1. The fourth-order valence-corrected chi connectivity index (χ4v) is 1.97. The van der Waals surface area contributed by atoms with Crippen molar-refractivity contribution in [2.45, 2.75) is 6.92 Å². The highest BCUT2D eigenvalue weighted by molar-refractivity contribution is 5.96. The van der Waals surface area contributed by atoms with Gasteiger partial charge in [0, 0.05) is 30.4 Å². The predicted octanol–water partition coefficient (Wildman–Crippen LogP) is 3.00. The van der Waals surface area contributed by atoms with Crippen LogP contribution in [0.2, 0.25) is 0 Å². The third kappa shape index (κ3) is 4.03. The summed E-state index contributed by atoms with van der Waals surface area (Å²) in [6.07, 6.45) is 0. The Hall–Kier alpha value is -3.42. The Kier molecular flexibility index (Phi) is 4.55. The van der Waals surface area contributed by atoms with Crippen molar-refractivity contribution in [1.29, 1.82) is 0 Å². The third-order valence-corrected chi connectivity index (χ3v) is 2.91. The van der Waals surface area contributed by atoms with Gasteiger partial charge in [0.2, 0.25) is 5.91 Å². The number of nitro benzene ring substituents is 1. The van der Waals surface area contributed by atoms with Crippen LogP contribution in [0.25, 0.3) is 0 Å². The Morgan fingerprint density at radius 2 is 1.83 bits per heavy atom. The van der Waals surface area contributed by atoms with E-state index in [1.54, 1.807) is 24.3 Å². The fraction of sp³-hybridized carbons (Fsp3) is 0.0667. The first kappa shape index (κ1) is 16.0. The normalized spacial score (nSPS) is 9.96. The van der Waals surface area contributed by atoms with Gasteiger partial charge in [0.05, 0.1) is 16.2 Å². The molecule has 8 nitrogen and oxygen atoms in total. The molecule has 2 aromatic rings. The van der Waals surface area contributed by atoms with Crippen LogP contribution < -0.4 is 10.6 Å². The van der Waals surface area contributed by atoms with Crippen LogP contribution in [0, 0.1) is 10.1 Å². The van der Waals surface area contributed by atoms with Crippen LogP contribution in [0.3, 0.4) is 0 Å². The Labute approximate surface area is 130 Å². The van der Waals surface area contributed by atoms with Crippen molar-refractivity contribution in [3.8, 4) is 0 Å². The number of rotatable bonds is 5. The second kappa shape index (κ2) is 6.56. The summed E-state index contributed by atoms with van der Waals surface area (Å²) in [6, 6.07) is 10.0. The molecule has 0 spiro atoms. The van der Waals surface area contributed by atoms with E-state index in [1.165, 1.54) is 13.0 Å². The molecule has 8 heteroatoms. The standard InChI is InChI=1S/C15H13N3O5/c1-9(19)16-10-3-2-4-11(7-10)17-14-8-12(18(22)23)5-6-13(14)15(20)21/h2-8,17H,1H3,(H,16,19)(H,20,21). The van der Waals surface area contributed by atoms with Gasteiger partial charge in [0.15, 0.2) is 0 Å². The van der Waals surface area contributed by atoms with Gasteiger partial charge in [-0.25, -0.2) is 4.79 Å². The van der Waals surface area contributed by atoms with Gasteiger partial charge in [0.1, 0.15) is 0 Å². The van der Waals surface area contributed by atoms with Crippen molar-refractivity contribution in [3.63, 3.8) is 0 Å². The monoisotopic (exact) mass is 315 g/mol. The first-order valence-corrected chi connectivity index (χ1v) is 6.53. The zero-order valence-corrected chi connectivity index (χ0v) is 12.1. The molecule has 0 atom stereocenters.